The number of aryl methyl sites for hydroxylation is 1. The SMILES string of the molecule is CC(C)Oc1ncccc1CNC(=O)COc1ccnc2c1CCCC2. The number of hydrogen-bond donors (Lipinski definition) is 1. The van der Waals surface area contributed by atoms with Gasteiger partial charge in [-0.3, -0.25) is 9.78 Å². The van der Waals surface area contributed by atoms with Crippen molar-refractivity contribution in [1.29, 1.82) is 0 Å². The van der Waals surface area contributed by atoms with Crippen molar-refractivity contribution in [1.82, 2.24) is 15.3 Å². The Morgan fingerprint density at radius 1 is 1.19 bits per heavy atom. The van der Waals surface area contributed by atoms with E-state index in [1.54, 1.807) is 12.4 Å². The number of fused-ring (bicyclic) bond motifs is 1. The predicted octanol–water partition coefficient (Wildman–Crippen LogP) is 2.84. The van der Waals surface area contributed by atoms with Crippen LogP contribution in [0, 0.1) is 0 Å². The Kier molecular flexibility index (Phi) is 6.04. The number of nitrogens with zero attached hydrogens (tertiary/aromatic N) is 2. The minimum atomic E-state index is -0.175. The lowest BCUT2D eigenvalue weighted by Gasteiger charge is -2.18. The summed E-state index contributed by atoms with van der Waals surface area (Å²) in [5.41, 5.74) is 3.09. The lowest BCUT2D eigenvalue weighted by Crippen LogP contribution is -2.29. The first-order valence-corrected chi connectivity index (χ1v) is 9.10. The summed E-state index contributed by atoms with van der Waals surface area (Å²) in [6.45, 7) is 4.23. The minimum Gasteiger partial charge on any atom is -0.483 e. The maximum atomic E-state index is 12.2. The molecule has 138 valence electrons. The van der Waals surface area contributed by atoms with Gasteiger partial charge in [-0.1, -0.05) is 6.07 Å². The van der Waals surface area contributed by atoms with Crippen LogP contribution in [0.1, 0.15) is 43.5 Å². The minimum absolute atomic E-state index is 0.0168. The molecule has 2 heterocycles. The fraction of sp³-hybridized carbons (Fsp3) is 0.450. The Balaban J connectivity index is 1.54. The third kappa shape index (κ3) is 4.71. The van der Waals surface area contributed by atoms with E-state index in [2.05, 4.69) is 15.3 Å². The van der Waals surface area contributed by atoms with Gasteiger partial charge in [0.25, 0.3) is 5.91 Å². The average Bonchev–Trinajstić information content (AvgIpc) is 2.65. The Morgan fingerprint density at radius 2 is 2.04 bits per heavy atom. The Bertz CT molecular complexity index is 762. The molecule has 6 heteroatoms. The van der Waals surface area contributed by atoms with Crippen LogP contribution >= 0.6 is 0 Å². The lowest BCUT2D eigenvalue weighted by molar-refractivity contribution is -0.123. The molecule has 0 aromatic carbocycles. The largest absolute Gasteiger partial charge is 0.483 e. The molecule has 0 fully saturated rings. The highest BCUT2D eigenvalue weighted by atomic mass is 16.5. The molecule has 1 N–H and O–H groups in total. The number of nitrogens with one attached hydrogen (secondary N) is 1. The molecule has 6 nitrogen and oxygen atoms in total. The smallest absolute Gasteiger partial charge is 0.258 e. The van der Waals surface area contributed by atoms with E-state index in [1.165, 1.54) is 0 Å². The molecule has 1 aliphatic rings. The number of pyridine rings is 2. The second-order valence-electron chi connectivity index (χ2n) is 6.64. The molecule has 0 atom stereocenters. The van der Waals surface area contributed by atoms with Gasteiger partial charge in [0.1, 0.15) is 5.75 Å². The first-order valence-electron chi connectivity index (χ1n) is 9.10. The first-order chi connectivity index (χ1) is 12.6. The van der Waals surface area contributed by atoms with Crippen molar-refractivity contribution in [2.24, 2.45) is 0 Å². The summed E-state index contributed by atoms with van der Waals surface area (Å²) < 4.78 is 11.4. The van der Waals surface area contributed by atoms with Gasteiger partial charge in [0.15, 0.2) is 6.61 Å². The average molecular weight is 355 g/mol. The van der Waals surface area contributed by atoms with E-state index in [4.69, 9.17) is 9.47 Å². The van der Waals surface area contributed by atoms with Gasteiger partial charge in [-0.15, -0.1) is 0 Å². The van der Waals surface area contributed by atoms with E-state index in [9.17, 15) is 4.79 Å². The number of rotatable bonds is 7. The summed E-state index contributed by atoms with van der Waals surface area (Å²) in [7, 11) is 0. The van der Waals surface area contributed by atoms with Gasteiger partial charge < -0.3 is 14.8 Å². The molecule has 1 amide bonds. The standard InChI is InChI=1S/C20H25N3O3/c1-14(2)26-20-15(6-5-10-22-20)12-23-19(24)13-25-18-9-11-21-17-8-4-3-7-16(17)18/h5-6,9-11,14H,3-4,7-8,12-13H2,1-2H3,(H,23,24). The van der Waals surface area contributed by atoms with Crippen LogP contribution in [0.2, 0.25) is 0 Å². The molecule has 0 bridgehead atoms. The van der Waals surface area contributed by atoms with Crippen molar-refractivity contribution in [3.63, 3.8) is 0 Å². The van der Waals surface area contributed by atoms with Gasteiger partial charge in [0.05, 0.1) is 6.10 Å². The molecule has 0 spiro atoms. The first kappa shape index (κ1) is 18.2. The predicted molar refractivity (Wildman–Crippen MR) is 98.2 cm³/mol. The third-order valence-corrected chi connectivity index (χ3v) is 4.22. The summed E-state index contributed by atoms with van der Waals surface area (Å²) >= 11 is 0. The molecule has 3 rings (SSSR count). The van der Waals surface area contributed by atoms with E-state index >= 15 is 0 Å². The van der Waals surface area contributed by atoms with Crippen molar-refractivity contribution < 1.29 is 14.3 Å². The maximum absolute atomic E-state index is 12.2. The second kappa shape index (κ2) is 8.65. The van der Waals surface area contributed by atoms with Crippen LogP contribution in [0.4, 0.5) is 0 Å². The van der Waals surface area contributed by atoms with Crippen molar-refractivity contribution in [2.75, 3.05) is 6.61 Å². The highest BCUT2D eigenvalue weighted by Gasteiger charge is 2.16. The molecule has 2 aromatic heterocycles. The fourth-order valence-corrected chi connectivity index (χ4v) is 3.00. The number of aromatic nitrogens is 2. The lowest BCUT2D eigenvalue weighted by atomic mass is 9.95. The zero-order valence-corrected chi connectivity index (χ0v) is 15.3. The Morgan fingerprint density at radius 3 is 2.88 bits per heavy atom. The zero-order valence-electron chi connectivity index (χ0n) is 15.3. The highest BCUT2D eigenvalue weighted by molar-refractivity contribution is 5.77. The normalized spacial score (nSPS) is 13.2. The number of carbonyl (C=O) groups excluding carboxylic acids is 1. The van der Waals surface area contributed by atoms with Gasteiger partial charge in [0.2, 0.25) is 5.88 Å². The number of ether oxygens (including phenoxy) is 2. The quantitative estimate of drug-likeness (QED) is 0.827. The molecule has 0 radical (unpaired) electrons. The van der Waals surface area contributed by atoms with Crippen molar-refractivity contribution >= 4 is 5.91 Å². The van der Waals surface area contributed by atoms with Crippen LogP contribution in [0.5, 0.6) is 11.6 Å². The van der Waals surface area contributed by atoms with E-state index in [1.807, 2.05) is 32.0 Å². The second-order valence-corrected chi connectivity index (χ2v) is 6.64. The molecule has 2 aromatic rings. The van der Waals surface area contributed by atoms with Gasteiger partial charge >= 0.3 is 0 Å². The van der Waals surface area contributed by atoms with E-state index in [-0.39, 0.29) is 18.6 Å². The summed E-state index contributed by atoms with van der Waals surface area (Å²) in [6.07, 6.45) is 7.71. The third-order valence-electron chi connectivity index (χ3n) is 4.22. The summed E-state index contributed by atoms with van der Waals surface area (Å²) in [6, 6.07) is 5.56. The van der Waals surface area contributed by atoms with Gasteiger partial charge in [-0.2, -0.15) is 0 Å². The summed E-state index contributed by atoms with van der Waals surface area (Å²) in [4.78, 5) is 20.8. The fourth-order valence-electron chi connectivity index (χ4n) is 3.00. The van der Waals surface area contributed by atoms with Crippen LogP contribution in [0.3, 0.4) is 0 Å². The van der Waals surface area contributed by atoms with Crippen molar-refractivity contribution in [3.05, 3.63) is 47.4 Å². The topological polar surface area (TPSA) is 73.3 Å². The molecule has 0 saturated carbocycles. The zero-order chi connectivity index (χ0) is 18.4. The molecule has 0 aliphatic heterocycles. The van der Waals surface area contributed by atoms with E-state index in [0.29, 0.717) is 12.4 Å². The number of carbonyl (C=O) groups is 1. The van der Waals surface area contributed by atoms with E-state index in [0.717, 1.165) is 48.3 Å². The van der Waals surface area contributed by atoms with E-state index < -0.39 is 0 Å². The summed E-state index contributed by atoms with van der Waals surface area (Å²) in [5.74, 6) is 1.15. The summed E-state index contributed by atoms with van der Waals surface area (Å²) in [5, 5.41) is 2.86. The molecule has 26 heavy (non-hydrogen) atoms. The van der Waals surface area contributed by atoms with Gasteiger partial charge in [-0.05, 0) is 51.7 Å². The highest BCUT2D eigenvalue weighted by Crippen LogP contribution is 2.27. The molecular weight excluding hydrogens is 330 g/mol. The van der Waals surface area contributed by atoms with Crippen LogP contribution in [0.15, 0.2) is 30.6 Å². The molecule has 0 saturated heterocycles. The number of amides is 1. The maximum Gasteiger partial charge on any atom is 0.258 e. The van der Waals surface area contributed by atoms with Crippen molar-refractivity contribution in [2.45, 2.75) is 52.2 Å². The van der Waals surface area contributed by atoms with Gasteiger partial charge in [0, 0.05) is 35.8 Å². The monoisotopic (exact) mass is 355 g/mol. The van der Waals surface area contributed by atoms with Crippen LogP contribution < -0.4 is 14.8 Å². The molecule has 0 unspecified atom stereocenters. The molecule has 1 aliphatic carbocycles. The molecular formula is C20H25N3O3. The Labute approximate surface area is 154 Å². The number of hydrogen-bond acceptors (Lipinski definition) is 5. The Hall–Kier alpha value is -2.63. The van der Waals surface area contributed by atoms with Crippen molar-refractivity contribution in [3.8, 4) is 11.6 Å². The van der Waals surface area contributed by atoms with Gasteiger partial charge in [-0.25, -0.2) is 4.98 Å². The van der Waals surface area contributed by atoms with Crippen LogP contribution in [-0.4, -0.2) is 28.6 Å². The van der Waals surface area contributed by atoms with Crippen LogP contribution in [-0.2, 0) is 24.2 Å². The van der Waals surface area contributed by atoms with Crippen LogP contribution in [0.25, 0.3) is 0 Å².